The summed E-state index contributed by atoms with van der Waals surface area (Å²) in [7, 11) is 0. The summed E-state index contributed by atoms with van der Waals surface area (Å²) >= 11 is 1.32. The van der Waals surface area contributed by atoms with E-state index in [0.717, 1.165) is 12.0 Å². The molecule has 0 saturated heterocycles. The molecule has 2 aromatic heterocycles. The van der Waals surface area contributed by atoms with Gasteiger partial charge in [0.25, 0.3) is 11.5 Å². The standard InChI is InChI=1S/C19H19N3O2S/c1-3-21-11-20-17-15(18(21)23)12(2)16(25-17)19(24)22-9-8-13-6-4-5-7-14(13)10-22/h4-7,11H,3,8-10H2,1-2H3. The molecule has 0 atom stereocenters. The molecule has 5 nitrogen and oxygen atoms in total. The van der Waals surface area contributed by atoms with Crippen LogP contribution in [0.15, 0.2) is 35.4 Å². The van der Waals surface area contributed by atoms with E-state index in [1.54, 1.807) is 10.9 Å². The van der Waals surface area contributed by atoms with Crippen LogP contribution in [-0.2, 0) is 19.5 Å². The van der Waals surface area contributed by atoms with Gasteiger partial charge in [-0.3, -0.25) is 14.2 Å². The molecule has 25 heavy (non-hydrogen) atoms. The van der Waals surface area contributed by atoms with Gasteiger partial charge in [-0.2, -0.15) is 0 Å². The summed E-state index contributed by atoms with van der Waals surface area (Å²) in [6.45, 7) is 5.66. The van der Waals surface area contributed by atoms with Gasteiger partial charge in [0.15, 0.2) is 0 Å². The van der Waals surface area contributed by atoms with Gasteiger partial charge in [0, 0.05) is 19.6 Å². The van der Waals surface area contributed by atoms with Crippen molar-refractivity contribution in [3.05, 3.63) is 62.5 Å². The molecule has 1 aliphatic rings. The van der Waals surface area contributed by atoms with Gasteiger partial charge >= 0.3 is 0 Å². The Hall–Kier alpha value is -2.47. The number of rotatable bonds is 2. The molecule has 6 heteroatoms. The van der Waals surface area contributed by atoms with Crippen molar-refractivity contribution in [3.63, 3.8) is 0 Å². The maximum Gasteiger partial charge on any atom is 0.264 e. The molecule has 4 rings (SSSR count). The third-order valence-corrected chi connectivity index (χ3v) is 6.06. The normalized spacial score (nSPS) is 13.9. The van der Waals surface area contributed by atoms with E-state index in [1.165, 1.54) is 22.5 Å². The van der Waals surface area contributed by atoms with Gasteiger partial charge in [0.1, 0.15) is 4.83 Å². The highest BCUT2D eigenvalue weighted by Crippen LogP contribution is 2.29. The van der Waals surface area contributed by atoms with Crippen LogP contribution in [0.2, 0.25) is 0 Å². The van der Waals surface area contributed by atoms with Gasteiger partial charge in [0.05, 0.1) is 16.6 Å². The average molecular weight is 353 g/mol. The zero-order valence-electron chi connectivity index (χ0n) is 14.3. The zero-order chi connectivity index (χ0) is 17.6. The summed E-state index contributed by atoms with van der Waals surface area (Å²) in [5, 5.41) is 0.579. The van der Waals surface area contributed by atoms with Gasteiger partial charge < -0.3 is 4.90 Å². The van der Waals surface area contributed by atoms with Crippen LogP contribution in [0, 0.1) is 6.92 Å². The van der Waals surface area contributed by atoms with Crippen molar-refractivity contribution in [2.75, 3.05) is 6.54 Å². The number of amides is 1. The van der Waals surface area contributed by atoms with E-state index < -0.39 is 0 Å². The quantitative estimate of drug-likeness (QED) is 0.712. The summed E-state index contributed by atoms with van der Waals surface area (Å²) in [5.74, 6) is -0.00236. The summed E-state index contributed by atoms with van der Waals surface area (Å²) in [6, 6.07) is 8.25. The van der Waals surface area contributed by atoms with Gasteiger partial charge in [0.2, 0.25) is 0 Å². The second kappa shape index (κ2) is 6.11. The fourth-order valence-electron chi connectivity index (χ4n) is 3.40. The Labute approximate surface area is 149 Å². The minimum atomic E-state index is -0.0655. The fraction of sp³-hybridized carbons (Fsp3) is 0.316. The van der Waals surface area contributed by atoms with Crippen molar-refractivity contribution in [1.29, 1.82) is 0 Å². The Morgan fingerprint density at radius 3 is 2.80 bits per heavy atom. The molecule has 1 amide bonds. The Morgan fingerprint density at radius 2 is 2.04 bits per heavy atom. The van der Waals surface area contributed by atoms with Crippen LogP contribution in [0.4, 0.5) is 0 Å². The summed E-state index contributed by atoms with van der Waals surface area (Å²) in [4.78, 5) is 33.1. The van der Waals surface area contributed by atoms with Gasteiger partial charge in [-0.15, -0.1) is 11.3 Å². The van der Waals surface area contributed by atoms with Crippen LogP contribution >= 0.6 is 11.3 Å². The van der Waals surface area contributed by atoms with Crippen molar-refractivity contribution < 1.29 is 4.79 Å². The molecule has 0 N–H and O–H groups in total. The maximum atomic E-state index is 13.1. The second-order valence-electron chi connectivity index (χ2n) is 6.32. The number of nitrogens with zero attached hydrogens (tertiary/aromatic N) is 3. The van der Waals surface area contributed by atoms with Crippen molar-refractivity contribution in [2.45, 2.75) is 33.4 Å². The molecule has 1 aromatic carbocycles. The first-order valence-corrected chi connectivity index (χ1v) is 9.26. The lowest BCUT2D eigenvalue weighted by molar-refractivity contribution is 0.0739. The first-order valence-electron chi connectivity index (χ1n) is 8.44. The molecule has 0 bridgehead atoms. The van der Waals surface area contributed by atoms with E-state index in [9.17, 15) is 9.59 Å². The molecule has 0 spiro atoms. The zero-order valence-corrected chi connectivity index (χ0v) is 15.1. The average Bonchev–Trinajstić information content (AvgIpc) is 2.98. The highest BCUT2D eigenvalue weighted by Gasteiger charge is 2.26. The van der Waals surface area contributed by atoms with Crippen molar-refractivity contribution in [2.24, 2.45) is 0 Å². The number of aryl methyl sites for hydroxylation is 2. The van der Waals surface area contributed by atoms with Gasteiger partial charge in [-0.1, -0.05) is 24.3 Å². The van der Waals surface area contributed by atoms with Crippen LogP contribution < -0.4 is 5.56 Å². The highest BCUT2D eigenvalue weighted by molar-refractivity contribution is 7.20. The Bertz CT molecular complexity index is 1030. The SMILES string of the molecule is CCn1cnc2sc(C(=O)N3CCc4ccccc4C3)c(C)c2c1=O. The Morgan fingerprint density at radius 1 is 1.28 bits per heavy atom. The summed E-state index contributed by atoms with van der Waals surface area (Å²) in [6.07, 6.45) is 2.43. The third kappa shape index (κ3) is 2.57. The lowest BCUT2D eigenvalue weighted by Crippen LogP contribution is -2.35. The molecule has 0 aliphatic carbocycles. The monoisotopic (exact) mass is 353 g/mol. The van der Waals surface area contributed by atoms with Crippen molar-refractivity contribution in [1.82, 2.24) is 14.5 Å². The van der Waals surface area contributed by atoms with E-state index in [4.69, 9.17) is 0 Å². The molecule has 128 valence electrons. The first-order chi connectivity index (χ1) is 12.1. The number of fused-ring (bicyclic) bond motifs is 2. The number of carbonyl (C=O) groups excluding carboxylic acids is 1. The van der Waals surface area contributed by atoms with Crippen LogP contribution in [0.3, 0.4) is 0 Å². The minimum absolute atomic E-state index is 0.00236. The van der Waals surface area contributed by atoms with Gasteiger partial charge in [-0.25, -0.2) is 4.98 Å². The van der Waals surface area contributed by atoms with Crippen molar-refractivity contribution >= 4 is 27.5 Å². The number of aromatic nitrogens is 2. The topological polar surface area (TPSA) is 55.2 Å². The van der Waals surface area contributed by atoms with Crippen LogP contribution in [0.1, 0.15) is 33.3 Å². The minimum Gasteiger partial charge on any atom is -0.333 e. The first kappa shape index (κ1) is 16.0. The molecule has 3 aromatic rings. The summed E-state index contributed by atoms with van der Waals surface area (Å²) < 4.78 is 1.58. The maximum absolute atomic E-state index is 13.1. The number of hydrogen-bond acceptors (Lipinski definition) is 4. The smallest absolute Gasteiger partial charge is 0.264 e. The lowest BCUT2D eigenvalue weighted by Gasteiger charge is -2.28. The van der Waals surface area contributed by atoms with E-state index in [-0.39, 0.29) is 11.5 Å². The number of thiophene rings is 1. The van der Waals surface area contributed by atoms with Crippen LogP contribution in [-0.4, -0.2) is 26.9 Å². The Balaban J connectivity index is 1.73. The third-order valence-electron chi connectivity index (χ3n) is 4.87. The molecule has 3 heterocycles. The second-order valence-corrected chi connectivity index (χ2v) is 7.32. The largest absolute Gasteiger partial charge is 0.333 e. The van der Waals surface area contributed by atoms with E-state index in [0.29, 0.717) is 34.7 Å². The Kier molecular flexibility index (Phi) is 3.92. The fourth-order valence-corrected chi connectivity index (χ4v) is 4.51. The lowest BCUT2D eigenvalue weighted by atomic mass is 9.99. The summed E-state index contributed by atoms with van der Waals surface area (Å²) in [5.41, 5.74) is 3.20. The molecule has 1 aliphatic heterocycles. The molecule has 0 fully saturated rings. The predicted octanol–water partition coefficient (Wildman–Crippen LogP) is 2.98. The van der Waals surface area contributed by atoms with E-state index in [1.807, 2.05) is 30.9 Å². The number of hydrogen-bond donors (Lipinski definition) is 0. The molecule has 0 unspecified atom stereocenters. The number of carbonyl (C=O) groups is 1. The van der Waals surface area contributed by atoms with Crippen LogP contribution in [0.25, 0.3) is 10.2 Å². The predicted molar refractivity (Wildman–Crippen MR) is 99.2 cm³/mol. The molecular formula is C19H19N3O2S. The number of benzene rings is 1. The highest BCUT2D eigenvalue weighted by atomic mass is 32.1. The molecule has 0 saturated carbocycles. The van der Waals surface area contributed by atoms with Gasteiger partial charge in [-0.05, 0) is 37.0 Å². The van der Waals surface area contributed by atoms with E-state index in [2.05, 4.69) is 17.1 Å². The molecule has 0 radical (unpaired) electrons. The van der Waals surface area contributed by atoms with Crippen molar-refractivity contribution in [3.8, 4) is 0 Å². The van der Waals surface area contributed by atoms with Crippen LogP contribution in [0.5, 0.6) is 0 Å². The molecular weight excluding hydrogens is 334 g/mol. The van der Waals surface area contributed by atoms with E-state index >= 15 is 0 Å².